The monoisotopic (exact) mass is 502 g/mol. The van der Waals surface area contributed by atoms with E-state index in [2.05, 4.69) is 9.88 Å². The molecule has 1 saturated heterocycles. The molecule has 0 radical (unpaired) electrons. The molecule has 1 aromatic heterocycles. The highest BCUT2D eigenvalue weighted by atomic mass is 32.2. The molecule has 8 nitrogen and oxygen atoms in total. The number of aromatic nitrogens is 2. The Morgan fingerprint density at radius 1 is 1.11 bits per heavy atom. The third-order valence-electron chi connectivity index (χ3n) is 6.78. The summed E-state index contributed by atoms with van der Waals surface area (Å²) in [5.74, 6) is 0.988. The van der Waals surface area contributed by atoms with Gasteiger partial charge in [-0.1, -0.05) is 42.5 Å². The maximum absolute atomic E-state index is 13.7. The molecule has 0 bridgehead atoms. The molecule has 186 valence electrons. The standard InChI is InChI=1S/C27H30N6O2S/c1-32-25-13-12-21(33(22-15-16-30-18-22)36(34,35)23-5-3-2-4-6-23)17-24(25)31-26(32)14-9-19-7-10-20(11-8-19)27(28)29/h2-8,10-13,17,22,30H,9,14-16,18H2,1H3,(H3,28,29). The van der Waals surface area contributed by atoms with Crippen LogP contribution < -0.4 is 15.4 Å². The van der Waals surface area contributed by atoms with E-state index in [0.29, 0.717) is 17.8 Å². The van der Waals surface area contributed by atoms with Gasteiger partial charge >= 0.3 is 0 Å². The van der Waals surface area contributed by atoms with Gasteiger partial charge in [0.15, 0.2) is 0 Å². The van der Waals surface area contributed by atoms with Crippen LogP contribution in [0.5, 0.6) is 0 Å². The molecule has 1 atom stereocenters. The lowest BCUT2D eigenvalue weighted by Gasteiger charge is -2.30. The van der Waals surface area contributed by atoms with Gasteiger partial charge < -0.3 is 15.6 Å². The number of rotatable bonds is 8. The van der Waals surface area contributed by atoms with Crippen LogP contribution in [0.4, 0.5) is 5.69 Å². The first kappa shape index (κ1) is 24.0. The van der Waals surface area contributed by atoms with Crippen molar-refractivity contribution in [2.75, 3.05) is 17.4 Å². The molecular formula is C27H30N6O2S. The summed E-state index contributed by atoms with van der Waals surface area (Å²) in [7, 11) is -1.74. The fraction of sp³-hybridized carbons (Fsp3) is 0.259. The van der Waals surface area contributed by atoms with E-state index in [1.165, 1.54) is 0 Å². The van der Waals surface area contributed by atoms with E-state index in [9.17, 15) is 8.42 Å². The summed E-state index contributed by atoms with van der Waals surface area (Å²) < 4.78 is 31.0. The number of fused-ring (bicyclic) bond motifs is 1. The summed E-state index contributed by atoms with van der Waals surface area (Å²) in [6.07, 6.45) is 2.28. The minimum Gasteiger partial charge on any atom is -0.384 e. The van der Waals surface area contributed by atoms with Crippen LogP contribution >= 0.6 is 0 Å². The van der Waals surface area contributed by atoms with Gasteiger partial charge in [-0.2, -0.15) is 0 Å². The molecule has 0 saturated carbocycles. The smallest absolute Gasteiger partial charge is 0.264 e. The summed E-state index contributed by atoms with van der Waals surface area (Å²) in [4.78, 5) is 5.16. The maximum atomic E-state index is 13.7. The summed E-state index contributed by atoms with van der Waals surface area (Å²) in [6, 6.07) is 21.9. The Kier molecular flexibility index (Phi) is 6.51. The van der Waals surface area contributed by atoms with Gasteiger partial charge in [-0.15, -0.1) is 0 Å². The van der Waals surface area contributed by atoms with Gasteiger partial charge in [-0.3, -0.25) is 9.71 Å². The van der Waals surface area contributed by atoms with E-state index in [-0.39, 0.29) is 16.8 Å². The van der Waals surface area contributed by atoms with Gasteiger partial charge in [0.1, 0.15) is 11.7 Å². The largest absolute Gasteiger partial charge is 0.384 e. The van der Waals surface area contributed by atoms with Gasteiger partial charge in [-0.05, 0) is 55.3 Å². The molecule has 0 aliphatic carbocycles. The van der Waals surface area contributed by atoms with Crippen molar-refractivity contribution in [3.05, 3.63) is 89.7 Å². The van der Waals surface area contributed by atoms with E-state index < -0.39 is 10.0 Å². The molecule has 1 aliphatic heterocycles. The lowest BCUT2D eigenvalue weighted by atomic mass is 10.1. The lowest BCUT2D eigenvalue weighted by Crippen LogP contribution is -2.41. The second kappa shape index (κ2) is 9.75. The average molecular weight is 503 g/mol. The fourth-order valence-corrected chi connectivity index (χ4v) is 6.49. The number of hydrogen-bond acceptors (Lipinski definition) is 5. The molecule has 4 N–H and O–H groups in total. The number of nitrogens with two attached hydrogens (primary N) is 1. The van der Waals surface area contributed by atoms with Crippen LogP contribution in [0.2, 0.25) is 0 Å². The fourth-order valence-electron chi connectivity index (χ4n) is 4.80. The van der Waals surface area contributed by atoms with Crippen molar-refractivity contribution >= 4 is 32.6 Å². The van der Waals surface area contributed by atoms with E-state index in [4.69, 9.17) is 16.1 Å². The summed E-state index contributed by atoms with van der Waals surface area (Å²) in [5, 5.41) is 10.8. The third kappa shape index (κ3) is 4.59. The van der Waals surface area contributed by atoms with Gasteiger partial charge in [0.05, 0.1) is 27.7 Å². The van der Waals surface area contributed by atoms with Gasteiger partial charge in [0.25, 0.3) is 10.0 Å². The molecule has 5 rings (SSSR count). The summed E-state index contributed by atoms with van der Waals surface area (Å²) in [6.45, 7) is 1.40. The van der Waals surface area contributed by atoms with Crippen LogP contribution in [0.15, 0.2) is 77.7 Å². The van der Waals surface area contributed by atoms with Gasteiger partial charge in [0.2, 0.25) is 0 Å². The van der Waals surface area contributed by atoms with E-state index in [0.717, 1.165) is 48.2 Å². The van der Waals surface area contributed by atoms with Crippen molar-refractivity contribution in [1.29, 1.82) is 5.41 Å². The van der Waals surface area contributed by atoms with Crippen LogP contribution in [0, 0.1) is 5.41 Å². The Labute approximate surface area is 211 Å². The summed E-state index contributed by atoms with van der Waals surface area (Å²) in [5.41, 5.74) is 9.76. The second-order valence-electron chi connectivity index (χ2n) is 9.13. The number of nitrogens with zero attached hydrogens (tertiary/aromatic N) is 3. The number of amidine groups is 1. The second-order valence-corrected chi connectivity index (χ2v) is 10.9. The molecule has 3 aromatic carbocycles. The number of aryl methyl sites for hydroxylation is 3. The lowest BCUT2D eigenvalue weighted by molar-refractivity contribution is 0.579. The van der Waals surface area contributed by atoms with E-state index >= 15 is 0 Å². The maximum Gasteiger partial charge on any atom is 0.264 e. The molecule has 2 heterocycles. The summed E-state index contributed by atoms with van der Waals surface area (Å²) >= 11 is 0. The zero-order chi connectivity index (χ0) is 25.3. The minimum atomic E-state index is -3.73. The molecule has 4 aromatic rings. The zero-order valence-corrected chi connectivity index (χ0v) is 21.0. The molecule has 0 spiro atoms. The number of nitrogen functional groups attached to an aromatic ring is 1. The third-order valence-corrected chi connectivity index (χ3v) is 8.67. The van der Waals surface area contributed by atoms with Crippen molar-refractivity contribution in [1.82, 2.24) is 14.9 Å². The molecule has 1 fully saturated rings. The molecule has 1 aliphatic rings. The number of hydrogen-bond donors (Lipinski definition) is 3. The number of nitrogens with one attached hydrogen (secondary N) is 2. The van der Waals surface area contributed by atoms with Crippen molar-refractivity contribution < 1.29 is 8.42 Å². The van der Waals surface area contributed by atoms with Crippen LogP contribution in [-0.4, -0.2) is 42.9 Å². The topological polar surface area (TPSA) is 117 Å². The van der Waals surface area contributed by atoms with Gasteiger partial charge in [0, 0.05) is 25.6 Å². The van der Waals surface area contributed by atoms with Gasteiger partial charge in [-0.25, -0.2) is 13.4 Å². The predicted molar refractivity (Wildman–Crippen MR) is 143 cm³/mol. The highest BCUT2D eigenvalue weighted by Crippen LogP contribution is 2.31. The Morgan fingerprint density at radius 3 is 2.53 bits per heavy atom. The average Bonchev–Trinajstić information content (AvgIpc) is 3.51. The predicted octanol–water partition coefficient (Wildman–Crippen LogP) is 3.20. The number of benzene rings is 3. The first-order chi connectivity index (χ1) is 17.3. The number of anilines is 1. The molecular weight excluding hydrogens is 472 g/mol. The van der Waals surface area contributed by atoms with Crippen molar-refractivity contribution in [3.63, 3.8) is 0 Å². The Balaban J connectivity index is 1.45. The quantitative estimate of drug-likeness (QED) is 0.253. The van der Waals surface area contributed by atoms with Crippen molar-refractivity contribution in [3.8, 4) is 0 Å². The van der Waals surface area contributed by atoms with Crippen molar-refractivity contribution in [2.24, 2.45) is 12.8 Å². The molecule has 1 unspecified atom stereocenters. The SMILES string of the molecule is Cn1c(CCc2ccc(C(=N)N)cc2)nc2cc(N(C3CCNC3)S(=O)(=O)c3ccccc3)ccc21. The Bertz CT molecular complexity index is 1490. The number of imidazole rings is 1. The first-order valence-corrected chi connectivity index (χ1v) is 13.5. The normalized spacial score (nSPS) is 15.9. The van der Waals surface area contributed by atoms with Crippen LogP contribution in [-0.2, 0) is 29.9 Å². The highest BCUT2D eigenvalue weighted by Gasteiger charge is 2.33. The zero-order valence-electron chi connectivity index (χ0n) is 20.2. The van der Waals surface area contributed by atoms with E-state index in [1.807, 2.05) is 55.6 Å². The van der Waals surface area contributed by atoms with E-state index in [1.54, 1.807) is 28.6 Å². The first-order valence-electron chi connectivity index (χ1n) is 12.0. The highest BCUT2D eigenvalue weighted by molar-refractivity contribution is 7.92. The van der Waals surface area contributed by atoms with Crippen LogP contribution in [0.25, 0.3) is 11.0 Å². The van der Waals surface area contributed by atoms with Crippen LogP contribution in [0.1, 0.15) is 23.4 Å². The molecule has 9 heteroatoms. The molecule has 36 heavy (non-hydrogen) atoms. The number of sulfonamides is 1. The molecule has 0 amide bonds. The minimum absolute atomic E-state index is 0.0596. The Morgan fingerprint density at radius 2 is 1.86 bits per heavy atom. The van der Waals surface area contributed by atoms with Crippen molar-refractivity contribution in [2.45, 2.75) is 30.2 Å². The van der Waals surface area contributed by atoms with Crippen LogP contribution in [0.3, 0.4) is 0 Å². The Hall–Kier alpha value is -3.69.